The van der Waals surface area contributed by atoms with E-state index in [4.69, 9.17) is 0 Å². The predicted octanol–water partition coefficient (Wildman–Crippen LogP) is 3.49. The third kappa shape index (κ3) is 2.40. The fourth-order valence-electron chi connectivity index (χ4n) is 3.76. The van der Waals surface area contributed by atoms with Gasteiger partial charge in [0.1, 0.15) is 0 Å². The number of benzene rings is 1. The summed E-state index contributed by atoms with van der Waals surface area (Å²) in [4.78, 5) is 2.63. The van der Waals surface area contributed by atoms with Crippen molar-refractivity contribution in [2.24, 2.45) is 0 Å². The largest absolute Gasteiger partial charge is 0.300 e. The van der Waals surface area contributed by atoms with Crippen molar-refractivity contribution in [3.05, 3.63) is 35.9 Å². The maximum absolute atomic E-state index is 9.68. The summed E-state index contributed by atoms with van der Waals surface area (Å²) >= 11 is 0. The summed E-state index contributed by atoms with van der Waals surface area (Å²) < 4.78 is 0. The van der Waals surface area contributed by atoms with E-state index in [0.717, 1.165) is 32.0 Å². The molecule has 1 saturated heterocycles. The minimum atomic E-state index is -0.240. The van der Waals surface area contributed by atoms with Crippen LogP contribution in [-0.4, -0.2) is 24.0 Å². The highest BCUT2D eigenvalue weighted by Crippen LogP contribution is 2.37. The third-order valence-corrected chi connectivity index (χ3v) is 5.03. The molecule has 1 aliphatic carbocycles. The molecule has 1 aliphatic heterocycles. The second-order valence-corrected chi connectivity index (χ2v) is 6.03. The van der Waals surface area contributed by atoms with Crippen LogP contribution in [0.5, 0.6) is 0 Å². The Balaban J connectivity index is 1.72. The van der Waals surface area contributed by atoms with Crippen molar-refractivity contribution in [3.8, 4) is 6.07 Å². The lowest BCUT2D eigenvalue weighted by atomic mass is 9.74. The molecule has 3 rings (SSSR count). The molecule has 0 N–H and O–H groups in total. The summed E-state index contributed by atoms with van der Waals surface area (Å²) in [6, 6.07) is 13.8. The fourth-order valence-corrected chi connectivity index (χ4v) is 3.76. The number of rotatable bonds is 2. The molecule has 2 fully saturated rings. The van der Waals surface area contributed by atoms with Gasteiger partial charge < -0.3 is 4.90 Å². The first kappa shape index (κ1) is 12.7. The van der Waals surface area contributed by atoms with Crippen molar-refractivity contribution < 1.29 is 0 Å². The van der Waals surface area contributed by atoms with Gasteiger partial charge in [-0.05, 0) is 31.2 Å². The average Bonchev–Trinajstić information content (AvgIpc) is 3.02. The first-order chi connectivity index (χ1) is 9.34. The van der Waals surface area contributed by atoms with Gasteiger partial charge in [0.05, 0.1) is 11.5 Å². The van der Waals surface area contributed by atoms with Crippen LogP contribution in [0.4, 0.5) is 0 Å². The van der Waals surface area contributed by atoms with Gasteiger partial charge in [-0.2, -0.15) is 5.26 Å². The minimum absolute atomic E-state index is 0.240. The second-order valence-electron chi connectivity index (χ2n) is 6.03. The molecule has 0 bridgehead atoms. The lowest BCUT2D eigenvalue weighted by molar-refractivity contribution is 0.135. The number of nitriles is 1. The van der Waals surface area contributed by atoms with Crippen LogP contribution in [0.15, 0.2) is 30.3 Å². The molecule has 1 heterocycles. The van der Waals surface area contributed by atoms with Gasteiger partial charge in [-0.1, -0.05) is 43.2 Å². The highest BCUT2D eigenvalue weighted by molar-refractivity contribution is 5.33. The molecule has 0 spiro atoms. The van der Waals surface area contributed by atoms with E-state index in [1.165, 1.54) is 31.2 Å². The van der Waals surface area contributed by atoms with E-state index < -0.39 is 0 Å². The van der Waals surface area contributed by atoms with Crippen molar-refractivity contribution in [2.45, 2.75) is 50.0 Å². The maximum Gasteiger partial charge on any atom is 0.0846 e. The zero-order chi connectivity index (χ0) is 13.1. The van der Waals surface area contributed by atoms with E-state index >= 15 is 0 Å². The van der Waals surface area contributed by atoms with Crippen molar-refractivity contribution in [1.29, 1.82) is 5.26 Å². The summed E-state index contributed by atoms with van der Waals surface area (Å²) in [6.45, 7) is 2.18. The molecule has 2 heteroatoms. The molecule has 0 unspecified atom stereocenters. The average molecular weight is 254 g/mol. The first-order valence-electron chi connectivity index (χ1n) is 7.55. The normalized spacial score (nSPS) is 24.2. The molecule has 2 aliphatic rings. The van der Waals surface area contributed by atoms with Crippen LogP contribution >= 0.6 is 0 Å². The van der Waals surface area contributed by atoms with Crippen molar-refractivity contribution >= 4 is 0 Å². The van der Waals surface area contributed by atoms with Crippen LogP contribution in [0.2, 0.25) is 0 Å². The number of nitrogens with zero attached hydrogens (tertiary/aromatic N) is 2. The Morgan fingerprint density at radius 2 is 1.68 bits per heavy atom. The number of hydrogen-bond donors (Lipinski definition) is 0. The van der Waals surface area contributed by atoms with Gasteiger partial charge in [0, 0.05) is 19.1 Å². The van der Waals surface area contributed by atoms with Crippen LogP contribution in [0.1, 0.15) is 44.1 Å². The Bertz CT molecular complexity index is 446. The van der Waals surface area contributed by atoms with Crippen LogP contribution in [0.25, 0.3) is 0 Å². The van der Waals surface area contributed by atoms with E-state index in [2.05, 4.69) is 35.2 Å². The predicted molar refractivity (Wildman–Crippen MR) is 76.8 cm³/mol. The smallest absolute Gasteiger partial charge is 0.0846 e. The Labute approximate surface area is 116 Å². The van der Waals surface area contributed by atoms with Crippen LogP contribution < -0.4 is 0 Å². The zero-order valence-corrected chi connectivity index (χ0v) is 11.5. The lowest BCUT2D eigenvalue weighted by Crippen LogP contribution is -2.45. The number of likely N-dealkylation sites (tertiary alicyclic amines) is 1. The maximum atomic E-state index is 9.68. The molecular formula is C17H22N2. The van der Waals surface area contributed by atoms with Crippen LogP contribution in [0.3, 0.4) is 0 Å². The Kier molecular flexibility index (Phi) is 3.57. The first-order valence-corrected chi connectivity index (χ1v) is 7.55. The SMILES string of the molecule is N#CC1(c2ccccc2)CCN(C2CCCC2)CC1. The molecular weight excluding hydrogens is 232 g/mol. The second kappa shape index (κ2) is 5.35. The molecule has 0 aromatic heterocycles. The Hall–Kier alpha value is -1.33. The van der Waals surface area contributed by atoms with E-state index in [1.807, 2.05) is 6.07 Å². The molecule has 19 heavy (non-hydrogen) atoms. The summed E-state index contributed by atoms with van der Waals surface area (Å²) in [5.41, 5.74) is 0.972. The van der Waals surface area contributed by atoms with Gasteiger partial charge in [0.2, 0.25) is 0 Å². The fraction of sp³-hybridized carbons (Fsp3) is 0.588. The monoisotopic (exact) mass is 254 g/mol. The van der Waals surface area contributed by atoms with E-state index in [-0.39, 0.29) is 5.41 Å². The molecule has 0 atom stereocenters. The van der Waals surface area contributed by atoms with E-state index in [9.17, 15) is 5.26 Å². The Morgan fingerprint density at radius 3 is 2.26 bits per heavy atom. The van der Waals surface area contributed by atoms with Crippen molar-refractivity contribution in [3.63, 3.8) is 0 Å². The standard InChI is InChI=1S/C17H22N2/c18-14-17(15-6-2-1-3-7-15)10-12-19(13-11-17)16-8-4-5-9-16/h1-3,6-7,16H,4-5,8-13H2. The molecule has 1 aromatic carbocycles. The number of hydrogen-bond acceptors (Lipinski definition) is 2. The van der Waals surface area contributed by atoms with Gasteiger partial charge in [0.25, 0.3) is 0 Å². The van der Waals surface area contributed by atoms with E-state index in [1.54, 1.807) is 0 Å². The molecule has 2 nitrogen and oxygen atoms in total. The van der Waals surface area contributed by atoms with Gasteiger partial charge in [-0.15, -0.1) is 0 Å². The highest BCUT2D eigenvalue weighted by Gasteiger charge is 2.38. The van der Waals surface area contributed by atoms with Gasteiger partial charge in [-0.25, -0.2) is 0 Å². The molecule has 0 amide bonds. The summed E-state index contributed by atoms with van der Waals surface area (Å²) in [5.74, 6) is 0. The van der Waals surface area contributed by atoms with Crippen molar-refractivity contribution in [1.82, 2.24) is 4.90 Å². The highest BCUT2D eigenvalue weighted by atomic mass is 15.2. The quantitative estimate of drug-likeness (QED) is 0.808. The summed E-state index contributed by atoms with van der Waals surface area (Å²) in [5, 5.41) is 9.68. The van der Waals surface area contributed by atoms with Crippen LogP contribution in [-0.2, 0) is 5.41 Å². The Morgan fingerprint density at radius 1 is 1.05 bits per heavy atom. The zero-order valence-electron chi connectivity index (χ0n) is 11.5. The summed E-state index contributed by atoms with van der Waals surface area (Å²) in [6.07, 6.45) is 7.50. The molecule has 0 radical (unpaired) electrons. The minimum Gasteiger partial charge on any atom is -0.300 e. The van der Waals surface area contributed by atoms with Gasteiger partial charge in [0.15, 0.2) is 0 Å². The molecule has 100 valence electrons. The van der Waals surface area contributed by atoms with E-state index in [0.29, 0.717) is 0 Å². The molecule has 1 saturated carbocycles. The lowest BCUT2D eigenvalue weighted by Gasteiger charge is -2.40. The van der Waals surface area contributed by atoms with Gasteiger partial charge >= 0.3 is 0 Å². The van der Waals surface area contributed by atoms with Gasteiger partial charge in [-0.3, -0.25) is 0 Å². The summed E-state index contributed by atoms with van der Waals surface area (Å²) in [7, 11) is 0. The van der Waals surface area contributed by atoms with Crippen molar-refractivity contribution in [2.75, 3.05) is 13.1 Å². The topological polar surface area (TPSA) is 27.0 Å². The van der Waals surface area contributed by atoms with Crippen LogP contribution in [0, 0.1) is 11.3 Å². The number of piperidine rings is 1. The third-order valence-electron chi connectivity index (χ3n) is 5.03. The molecule has 1 aromatic rings.